The van der Waals surface area contributed by atoms with E-state index in [1.807, 2.05) is 35.0 Å². The van der Waals surface area contributed by atoms with E-state index in [4.69, 9.17) is 5.26 Å². The van der Waals surface area contributed by atoms with E-state index in [2.05, 4.69) is 40.1 Å². The van der Waals surface area contributed by atoms with Crippen LogP contribution in [0.15, 0.2) is 61.1 Å². The Hall–Kier alpha value is -3.19. The summed E-state index contributed by atoms with van der Waals surface area (Å²) in [6.45, 7) is 3.11. The highest BCUT2D eigenvalue weighted by Gasteiger charge is 2.36. The van der Waals surface area contributed by atoms with Crippen molar-refractivity contribution in [3.8, 4) is 6.07 Å². The van der Waals surface area contributed by atoms with Crippen molar-refractivity contribution in [3.05, 3.63) is 83.4 Å². The lowest BCUT2D eigenvalue weighted by molar-refractivity contribution is 0.234. The average molecular weight is 479 g/mol. The molecule has 1 aromatic heterocycles. The minimum Gasteiger partial charge on any atom is -0.382 e. The molecule has 0 radical (unpaired) electrons. The number of aryl methyl sites for hydroxylation is 1. The fourth-order valence-corrected chi connectivity index (χ4v) is 5.67. The van der Waals surface area contributed by atoms with Crippen LogP contribution in [0, 0.1) is 18.3 Å². The molecule has 0 amide bonds. The average Bonchev–Trinajstić information content (AvgIpc) is 3.26. The molecular weight excluding hydrogens is 448 g/mol. The van der Waals surface area contributed by atoms with Crippen molar-refractivity contribution in [3.63, 3.8) is 0 Å². The molecule has 1 aliphatic heterocycles. The zero-order valence-corrected chi connectivity index (χ0v) is 20.3. The first-order chi connectivity index (χ1) is 16.4. The predicted octanol–water partition coefficient (Wildman–Crippen LogP) is 3.06. The van der Waals surface area contributed by atoms with E-state index in [9.17, 15) is 8.42 Å². The number of anilines is 1. The number of nitrogens with one attached hydrogen (secondary N) is 2. The molecule has 2 N–H and O–H groups in total. The SMILES string of the molecule is CNS(=O)(=O)N1CCC(Nc2cccc(C)c2)CC1Cc1cncn1Cc1ccc(C#N)cc1. The van der Waals surface area contributed by atoms with Crippen LogP contribution in [0.2, 0.25) is 0 Å². The van der Waals surface area contributed by atoms with Gasteiger partial charge >= 0.3 is 0 Å². The molecule has 178 valence electrons. The van der Waals surface area contributed by atoms with Crippen molar-refractivity contribution in [1.29, 1.82) is 5.26 Å². The van der Waals surface area contributed by atoms with Gasteiger partial charge in [-0.25, -0.2) is 9.71 Å². The molecule has 0 aliphatic carbocycles. The van der Waals surface area contributed by atoms with Crippen molar-refractivity contribution in [2.45, 2.75) is 44.8 Å². The Kier molecular flexibility index (Phi) is 7.32. The van der Waals surface area contributed by atoms with Crippen LogP contribution in [-0.4, -0.2) is 48.0 Å². The number of rotatable bonds is 8. The van der Waals surface area contributed by atoms with Gasteiger partial charge in [0.2, 0.25) is 0 Å². The predicted molar refractivity (Wildman–Crippen MR) is 132 cm³/mol. The molecule has 1 fully saturated rings. The van der Waals surface area contributed by atoms with Gasteiger partial charge in [-0.15, -0.1) is 0 Å². The lowest BCUT2D eigenvalue weighted by Crippen LogP contribution is -2.53. The largest absolute Gasteiger partial charge is 0.382 e. The standard InChI is InChI=1S/C25H30N6O2S/c1-19-4-3-5-22(12-19)29-23-10-11-31(34(32,33)27-2)24(13-23)14-25-16-28-18-30(25)17-21-8-6-20(15-26)7-9-21/h3-9,12,16,18,23-24,27,29H,10-11,13-14,17H2,1-2H3. The van der Waals surface area contributed by atoms with Crippen LogP contribution in [0.3, 0.4) is 0 Å². The molecule has 2 atom stereocenters. The number of hydrogen-bond acceptors (Lipinski definition) is 5. The van der Waals surface area contributed by atoms with E-state index >= 15 is 0 Å². The van der Waals surface area contributed by atoms with Crippen LogP contribution in [0.1, 0.15) is 35.2 Å². The molecule has 2 aromatic carbocycles. The smallest absolute Gasteiger partial charge is 0.279 e. The summed E-state index contributed by atoms with van der Waals surface area (Å²) in [5.41, 5.74) is 4.89. The number of piperidine rings is 1. The molecule has 1 aliphatic rings. The van der Waals surface area contributed by atoms with E-state index in [-0.39, 0.29) is 12.1 Å². The first-order valence-corrected chi connectivity index (χ1v) is 12.8. The van der Waals surface area contributed by atoms with Crippen molar-refractivity contribution in [2.75, 3.05) is 18.9 Å². The zero-order chi connectivity index (χ0) is 24.1. The Balaban J connectivity index is 1.53. The molecule has 9 heteroatoms. The van der Waals surface area contributed by atoms with Crippen molar-refractivity contribution in [2.24, 2.45) is 0 Å². The second-order valence-corrected chi connectivity index (χ2v) is 10.6. The van der Waals surface area contributed by atoms with Gasteiger partial charge in [0, 0.05) is 56.2 Å². The third kappa shape index (κ3) is 5.65. The minimum absolute atomic E-state index is 0.171. The van der Waals surface area contributed by atoms with Crippen molar-refractivity contribution in [1.82, 2.24) is 18.6 Å². The quantitative estimate of drug-likeness (QED) is 0.518. The van der Waals surface area contributed by atoms with Gasteiger partial charge in [-0.3, -0.25) is 0 Å². The number of aromatic nitrogens is 2. The first kappa shape index (κ1) is 24.0. The monoisotopic (exact) mass is 478 g/mol. The van der Waals surface area contributed by atoms with E-state index in [0.29, 0.717) is 31.5 Å². The third-order valence-corrected chi connectivity index (χ3v) is 7.91. The maximum absolute atomic E-state index is 12.8. The van der Waals surface area contributed by atoms with E-state index < -0.39 is 10.2 Å². The number of hydrogen-bond donors (Lipinski definition) is 2. The molecule has 4 rings (SSSR count). The molecule has 0 bridgehead atoms. The first-order valence-electron chi connectivity index (χ1n) is 11.4. The Morgan fingerprint density at radius 1 is 1.21 bits per heavy atom. The fourth-order valence-electron chi connectivity index (χ4n) is 4.53. The highest BCUT2D eigenvalue weighted by Crippen LogP contribution is 2.26. The summed E-state index contributed by atoms with van der Waals surface area (Å²) in [5.74, 6) is 0. The molecule has 2 heterocycles. The van der Waals surface area contributed by atoms with Crippen LogP contribution in [0.4, 0.5) is 5.69 Å². The molecule has 2 unspecified atom stereocenters. The molecule has 0 spiro atoms. The van der Waals surface area contributed by atoms with E-state index in [1.165, 1.54) is 12.6 Å². The molecule has 0 saturated carbocycles. The van der Waals surface area contributed by atoms with Crippen molar-refractivity contribution >= 4 is 15.9 Å². The highest BCUT2D eigenvalue weighted by molar-refractivity contribution is 7.87. The molecular formula is C25H30N6O2S. The zero-order valence-electron chi connectivity index (χ0n) is 19.5. The third-order valence-electron chi connectivity index (χ3n) is 6.30. The minimum atomic E-state index is -3.56. The summed E-state index contributed by atoms with van der Waals surface area (Å²) >= 11 is 0. The fraction of sp³-hybridized carbons (Fsp3) is 0.360. The Morgan fingerprint density at radius 2 is 2.00 bits per heavy atom. The van der Waals surface area contributed by atoms with Gasteiger partial charge in [0.05, 0.1) is 18.0 Å². The number of benzene rings is 2. The van der Waals surface area contributed by atoms with E-state index in [0.717, 1.165) is 23.4 Å². The lowest BCUT2D eigenvalue weighted by Gasteiger charge is -2.39. The van der Waals surface area contributed by atoms with Crippen LogP contribution < -0.4 is 10.0 Å². The van der Waals surface area contributed by atoms with E-state index in [1.54, 1.807) is 22.8 Å². The summed E-state index contributed by atoms with van der Waals surface area (Å²) in [5, 5.41) is 12.6. The second-order valence-electron chi connectivity index (χ2n) is 8.73. The van der Waals surface area contributed by atoms with Gasteiger partial charge in [-0.1, -0.05) is 24.3 Å². The summed E-state index contributed by atoms with van der Waals surface area (Å²) in [6, 6.07) is 17.8. The number of nitrogens with zero attached hydrogens (tertiary/aromatic N) is 4. The van der Waals surface area contributed by atoms with Gasteiger partial charge in [-0.2, -0.15) is 18.0 Å². The maximum atomic E-state index is 12.8. The summed E-state index contributed by atoms with van der Waals surface area (Å²) in [4.78, 5) is 4.33. The molecule has 1 saturated heterocycles. The van der Waals surface area contributed by atoms with Gasteiger partial charge in [0.1, 0.15) is 0 Å². The summed E-state index contributed by atoms with van der Waals surface area (Å²) in [6.07, 6.45) is 5.57. The van der Waals surface area contributed by atoms with Crippen molar-refractivity contribution < 1.29 is 8.42 Å². The Bertz CT molecular complexity index is 1260. The maximum Gasteiger partial charge on any atom is 0.279 e. The Morgan fingerprint density at radius 3 is 2.71 bits per heavy atom. The summed E-state index contributed by atoms with van der Waals surface area (Å²) < 4.78 is 31.7. The van der Waals surface area contributed by atoms with Gasteiger partial charge in [0.25, 0.3) is 10.2 Å². The Labute approximate surface area is 201 Å². The van der Waals surface area contributed by atoms with Crippen LogP contribution in [0.25, 0.3) is 0 Å². The topological polar surface area (TPSA) is 103 Å². The summed E-state index contributed by atoms with van der Waals surface area (Å²) in [7, 11) is -2.10. The second kappa shape index (κ2) is 10.4. The molecule has 3 aromatic rings. The number of nitriles is 1. The number of imidazole rings is 1. The lowest BCUT2D eigenvalue weighted by atomic mass is 9.95. The normalized spacial score (nSPS) is 19.0. The molecule has 8 nitrogen and oxygen atoms in total. The van der Waals surface area contributed by atoms with Gasteiger partial charge < -0.3 is 9.88 Å². The van der Waals surface area contributed by atoms with Crippen LogP contribution in [0.5, 0.6) is 0 Å². The van der Waals surface area contributed by atoms with Crippen LogP contribution in [-0.2, 0) is 23.2 Å². The van der Waals surface area contributed by atoms with Gasteiger partial charge in [0.15, 0.2) is 0 Å². The highest BCUT2D eigenvalue weighted by atomic mass is 32.2. The van der Waals surface area contributed by atoms with Gasteiger partial charge in [-0.05, 0) is 55.2 Å². The molecule has 34 heavy (non-hydrogen) atoms. The van der Waals surface area contributed by atoms with Crippen LogP contribution >= 0.6 is 0 Å².